The van der Waals surface area contributed by atoms with Crippen molar-refractivity contribution in [2.75, 3.05) is 0 Å². The van der Waals surface area contributed by atoms with Gasteiger partial charge in [0.1, 0.15) is 0 Å². The van der Waals surface area contributed by atoms with Crippen LogP contribution in [0.5, 0.6) is 0 Å². The maximum absolute atomic E-state index is 6.41. The number of nitrogens with zero attached hydrogens (tertiary/aromatic N) is 1. The number of para-hydroxylation sites is 1. The van der Waals surface area contributed by atoms with Crippen molar-refractivity contribution in [3.8, 4) is 16.8 Å². The fourth-order valence-electron chi connectivity index (χ4n) is 7.58. The zero-order chi connectivity index (χ0) is 28.9. The molecule has 2 heterocycles. The van der Waals surface area contributed by atoms with E-state index in [1.165, 1.54) is 49.7 Å². The number of rotatable bonds is 3. The second kappa shape index (κ2) is 8.59. The highest BCUT2D eigenvalue weighted by molar-refractivity contribution is 6.62. The monoisotopic (exact) mass is 541 g/mol. The van der Waals surface area contributed by atoms with Crippen LogP contribution >= 0.6 is 0 Å². The lowest BCUT2D eigenvalue weighted by molar-refractivity contribution is 0.00578. The van der Waals surface area contributed by atoms with Gasteiger partial charge in [-0.05, 0) is 96.9 Å². The smallest absolute Gasteiger partial charge is 0.399 e. The van der Waals surface area contributed by atoms with Crippen molar-refractivity contribution >= 4 is 34.4 Å². The number of aromatic nitrogens is 1. The van der Waals surface area contributed by atoms with E-state index in [-0.39, 0.29) is 29.2 Å². The molecule has 208 valence electrons. The minimum atomic E-state index is -0.386. The molecule has 4 heteroatoms. The fourth-order valence-corrected chi connectivity index (χ4v) is 7.58. The quantitative estimate of drug-likeness (QED) is 0.213. The maximum atomic E-state index is 6.41. The van der Waals surface area contributed by atoms with Crippen LogP contribution in [0.2, 0.25) is 0 Å². The van der Waals surface area contributed by atoms with Gasteiger partial charge < -0.3 is 13.9 Å². The van der Waals surface area contributed by atoms with Crippen LogP contribution in [0.1, 0.15) is 72.9 Å². The van der Waals surface area contributed by atoms with Crippen molar-refractivity contribution in [2.45, 2.75) is 83.8 Å². The summed E-state index contributed by atoms with van der Waals surface area (Å²) in [5.74, 6) is 0. The van der Waals surface area contributed by atoms with E-state index < -0.39 is 0 Å². The van der Waals surface area contributed by atoms with Crippen molar-refractivity contribution in [3.63, 3.8) is 0 Å². The summed E-state index contributed by atoms with van der Waals surface area (Å²) in [7, 11) is -0.386. The minimum Gasteiger partial charge on any atom is -0.399 e. The molecule has 0 radical (unpaired) electrons. The Morgan fingerprint density at radius 1 is 0.634 bits per heavy atom. The zero-order valence-corrected chi connectivity index (χ0v) is 25.6. The van der Waals surface area contributed by atoms with E-state index in [9.17, 15) is 0 Å². The average Bonchev–Trinajstić information content (AvgIpc) is 3.44. The molecule has 0 spiro atoms. The van der Waals surface area contributed by atoms with Crippen molar-refractivity contribution in [2.24, 2.45) is 0 Å². The summed E-state index contributed by atoms with van der Waals surface area (Å²) in [5, 5.41) is 2.44. The number of hydrogen-bond acceptors (Lipinski definition) is 2. The third kappa shape index (κ3) is 3.95. The molecule has 0 unspecified atom stereocenters. The molecule has 4 aromatic carbocycles. The highest BCUT2D eigenvalue weighted by atomic mass is 16.7. The first-order valence-corrected chi connectivity index (χ1v) is 14.9. The molecule has 41 heavy (non-hydrogen) atoms. The Balaban J connectivity index is 1.39. The van der Waals surface area contributed by atoms with Crippen molar-refractivity contribution in [1.29, 1.82) is 0 Å². The van der Waals surface area contributed by atoms with Crippen LogP contribution in [-0.4, -0.2) is 22.9 Å². The first kappa shape index (κ1) is 26.6. The third-order valence-corrected chi connectivity index (χ3v) is 9.99. The highest BCUT2D eigenvalue weighted by Crippen LogP contribution is 2.52. The molecule has 0 saturated carbocycles. The zero-order valence-electron chi connectivity index (χ0n) is 25.6. The highest BCUT2D eigenvalue weighted by Gasteiger charge is 2.51. The second-order valence-electron chi connectivity index (χ2n) is 14.4. The first-order chi connectivity index (χ1) is 19.3. The molecular formula is C37H40BNO2. The van der Waals surface area contributed by atoms with E-state index in [1.54, 1.807) is 0 Å². The standard InChI is InChI=1S/C37H40BNO2/c1-34(2)23-35(3,4)33-27(16-12-17-30(33)34)24-13-11-14-26(21-24)39-31-18-10-9-15-28(31)29-22-25(19-20-32(29)39)38-40-36(5,6)37(7,8)41-38/h9-22H,23H2,1-8H3. The molecule has 1 aromatic heterocycles. The summed E-state index contributed by atoms with van der Waals surface area (Å²) in [4.78, 5) is 0. The van der Waals surface area contributed by atoms with E-state index in [0.717, 1.165) is 11.9 Å². The van der Waals surface area contributed by atoms with E-state index in [2.05, 4.69) is 145 Å². The topological polar surface area (TPSA) is 23.4 Å². The van der Waals surface area contributed by atoms with Crippen LogP contribution in [0.3, 0.4) is 0 Å². The predicted molar refractivity (Wildman–Crippen MR) is 173 cm³/mol. The van der Waals surface area contributed by atoms with Gasteiger partial charge in [0.15, 0.2) is 0 Å². The van der Waals surface area contributed by atoms with Gasteiger partial charge in [-0.15, -0.1) is 0 Å². The van der Waals surface area contributed by atoms with E-state index in [1.807, 2.05) is 0 Å². The lowest BCUT2D eigenvalue weighted by Crippen LogP contribution is -2.41. The lowest BCUT2D eigenvalue weighted by atomic mass is 9.78. The van der Waals surface area contributed by atoms with Crippen LogP contribution in [0.15, 0.2) is 84.9 Å². The first-order valence-electron chi connectivity index (χ1n) is 14.9. The van der Waals surface area contributed by atoms with Gasteiger partial charge in [-0.3, -0.25) is 0 Å². The van der Waals surface area contributed by atoms with Gasteiger partial charge in [0.25, 0.3) is 0 Å². The summed E-state index contributed by atoms with van der Waals surface area (Å²) in [6, 6.07) is 31.3. The second-order valence-corrected chi connectivity index (χ2v) is 14.4. The molecular weight excluding hydrogens is 501 g/mol. The third-order valence-electron chi connectivity index (χ3n) is 9.99. The molecule has 0 N–H and O–H groups in total. The van der Waals surface area contributed by atoms with E-state index >= 15 is 0 Å². The van der Waals surface area contributed by atoms with Gasteiger partial charge in [0.2, 0.25) is 0 Å². The van der Waals surface area contributed by atoms with Crippen LogP contribution in [-0.2, 0) is 20.1 Å². The van der Waals surface area contributed by atoms with Gasteiger partial charge in [-0.2, -0.15) is 0 Å². The van der Waals surface area contributed by atoms with Gasteiger partial charge in [0.05, 0.1) is 22.2 Å². The predicted octanol–water partition coefficient (Wildman–Crippen LogP) is 8.71. The van der Waals surface area contributed by atoms with Gasteiger partial charge in [0, 0.05) is 16.5 Å². The van der Waals surface area contributed by atoms with Gasteiger partial charge >= 0.3 is 7.12 Å². The summed E-state index contributed by atoms with van der Waals surface area (Å²) in [5.41, 5.74) is 9.76. The Kier molecular flexibility index (Phi) is 5.57. The van der Waals surface area contributed by atoms with Gasteiger partial charge in [-0.1, -0.05) is 88.4 Å². The average molecular weight is 542 g/mol. The molecule has 7 rings (SSSR count). The molecule has 0 bridgehead atoms. The number of hydrogen-bond donors (Lipinski definition) is 0. The Morgan fingerprint density at radius 3 is 2.07 bits per heavy atom. The van der Waals surface area contributed by atoms with E-state index in [4.69, 9.17) is 9.31 Å². The Bertz CT molecular complexity index is 1830. The van der Waals surface area contributed by atoms with Crippen LogP contribution in [0.25, 0.3) is 38.6 Å². The molecule has 0 atom stereocenters. The van der Waals surface area contributed by atoms with Gasteiger partial charge in [-0.25, -0.2) is 0 Å². The van der Waals surface area contributed by atoms with Crippen molar-refractivity contribution in [3.05, 3.63) is 96.1 Å². The van der Waals surface area contributed by atoms with Crippen molar-refractivity contribution < 1.29 is 9.31 Å². The van der Waals surface area contributed by atoms with Crippen molar-refractivity contribution in [1.82, 2.24) is 4.57 Å². The van der Waals surface area contributed by atoms with Crippen LogP contribution in [0.4, 0.5) is 0 Å². The summed E-state index contributed by atoms with van der Waals surface area (Å²) >= 11 is 0. The Morgan fingerprint density at radius 2 is 1.32 bits per heavy atom. The van der Waals surface area contributed by atoms with Crippen LogP contribution in [0, 0.1) is 0 Å². The molecule has 1 fully saturated rings. The lowest BCUT2D eigenvalue weighted by Gasteiger charge is -2.32. The number of fused-ring (bicyclic) bond motifs is 4. The Labute approximate surface area is 244 Å². The summed E-state index contributed by atoms with van der Waals surface area (Å²) in [6.07, 6.45) is 1.16. The SMILES string of the molecule is CC1(C)CC(C)(C)c2c(-c3cccc(-n4c5ccccc5c5cc(B6OC(C)(C)C(C)(C)O6)ccc54)c3)cccc21. The summed E-state index contributed by atoms with van der Waals surface area (Å²) in [6.45, 7) is 18.0. The Hall–Kier alpha value is -3.34. The molecule has 1 aliphatic carbocycles. The van der Waals surface area contributed by atoms with Crippen LogP contribution < -0.4 is 5.46 Å². The molecule has 5 aromatic rings. The molecule has 3 nitrogen and oxygen atoms in total. The summed E-state index contributed by atoms with van der Waals surface area (Å²) < 4.78 is 15.2. The number of benzene rings is 4. The maximum Gasteiger partial charge on any atom is 0.494 e. The minimum absolute atomic E-state index is 0.127. The molecule has 1 aliphatic heterocycles. The fraction of sp³-hybridized carbons (Fsp3) is 0.351. The van der Waals surface area contributed by atoms with E-state index in [0.29, 0.717) is 0 Å². The largest absolute Gasteiger partial charge is 0.494 e. The molecule has 2 aliphatic rings. The normalized spacial score (nSPS) is 20.1. The molecule has 0 amide bonds. The molecule has 1 saturated heterocycles.